The first-order valence-electron chi connectivity index (χ1n) is 6.21. The van der Waals surface area contributed by atoms with E-state index in [1.165, 1.54) is 6.20 Å². The first-order chi connectivity index (χ1) is 8.59. The molecule has 0 amide bonds. The zero-order valence-electron chi connectivity index (χ0n) is 10.8. The van der Waals surface area contributed by atoms with E-state index in [0.29, 0.717) is 24.7 Å². The third kappa shape index (κ3) is 2.64. The van der Waals surface area contributed by atoms with E-state index in [2.05, 4.69) is 10.3 Å². The summed E-state index contributed by atoms with van der Waals surface area (Å²) in [5.41, 5.74) is 0.597. The fraction of sp³-hybridized carbons (Fsp3) is 0.583. The van der Waals surface area contributed by atoms with E-state index in [4.69, 9.17) is 0 Å². The molecule has 18 heavy (non-hydrogen) atoms. The zero-order chi connectivity index (χ0) is 13.2. The second-order valence-electron chi connectivity index (χ2n) is 4.52. The molecule has 0 bridgehead atoms. The average Bonchev–Trinajstić information content (AvgIpc) is 3.19. The Bertz CT molecular complexity index is 512. The van der Waals surface area contributed by atoms with Crippen molar-refractivity contribution in [2.45, 2.75) is 24.7 Å². The van der Waals surface area contributed by atoms with Crippen molar-refractivity contribution in [2.24, 2.45) is 5.92 Å². The van der Waals surface area contributed by atoms with Gasteiger partial charge in [-0.05, 0) is 24.8 Å². The topological polar surface area (TPSA) is 62.3 Å². The van der Waals surface area contributed by atoms with Gasteiger partial charge < -0.3 is 5.32 Å². The maximum Gasteiger partial charge on any atom is 0.246 e. The molecule has 2 rings (SSSR count). The van der Waals surface area contributed by atoms with Crippen LogP contribution in [0.4, 0.5) is 5.69 Å². The number of hydrogen-bond donors (Lipinski definition) is 1. The summed E-state index contributed by atoms with van der Waals surface area (Å²) in [5.74, 6) is 0.537. The van der Waals surface area contributed by atoms with E-state index < -0.39 is 10.0 Å². The highest BCUT2D eigenvalue weighted by Crippen LogP contribution is 2.32. The molecule has 1 heterocycles. The molecule has 100 valence electrons. The highest BCUT2D eigenvalue weighted by molar-refractivity contribution is 7.89. The number of hydrogen-bond acceptors (Lipinski definition) is 4. The van der Waals surface area contributed by atoms with Crippen molar-refractivity contribution in [1.82, 2.24) is 9.29 Å². The van der Waals surface area contributed by atoms with Crippen LogP contribution in [0.3, 0.4) is 0 Å². The Labute approximate surface area is 108 Å². The van der Waals surface area contributed by atoms with Gasteiger partial charge in [-0.2, -0.15) is 4.31 Å². The number of nitrogens with zero attached hydrogens (tertiary/aromatic N) is 2. The Balaban J connectivity index is 2.32. The van der Waals surface area contributed by atoms with E-state index in [0.717, 1.165) is 12.8 Å². The number of aromatic nitrogens is 1. The Morgan fingerprint density at radius 3 is 2.78 bits per heavy atom. The minimum absolute atomic E-state index is 0.259. The maximum absolute atomic E-state index is 12.6. The van der Waals surface area contributed by atoms with Crippen LogP contribution in [0.25, 0.3) is 0 Å². The van der Waals surface area contributed by atoms with Crippen LogP contribution in [0.5, 0.6) is 0 Å². The predicted octanol–water partition coefficient (Wildman–Crippen LogP) is 1.54. The highest BCUT2D eigenvalue weighted by atomic mass is 32.2. The molecule has 1 aliphatic carbocycles. The molecule has 6 heteroatoms. The van der Waals surface area contributed by atoms with Crippen molar-refractivity contribution in [2.75, 3.05) is 25.5 Å². The average molecular weight is 269 g/mol. The summed E-state index contributed by atoms with van der Waals surface area (Å²) in [6.07, 6.45) is 5.27. The first kappa shape index (κ1) is 13.3. The van der Waals surface area contributed by atoms with Crippen molar-refractivity contribution < 1.29 is 8.42 Å². The van der Waals surface area contributed by atoms with Crippen molar-refractivity contribution in [1.29, 1.82) is 0 Å². The summed E-state index contributed by atoms with van der Waals surface area (Å²) >= 11 is 0. The summed E-state index contributed by atoms with van der Waals surface area (Å²) in [7, 11) is -1.73. The SMILES string of the molecule is CCN(CC1CC1)S(=O)(=O)c1cnccc1NC. The molecular formula is C12H19N3O2S. The number of pyridine rings is 1. The lowest BCUT2D eigenvalue weighted by molar-refractivity contribution is 0.412. The molecule has 1 N–H and O–H groups in total. The standard InChI is InChI=1S/C12H19N3O2S/c1-3-15(9-10-4-5-10)18(16,17)12-8-14-7-6-11(12)13-2/h6-8,10H,3-5,9H2,1-2H3,(H,13,14). The zero-order valence-corrected chi connectivity index (χ0v) is 11.6. The smallest absolute Gasteiger partial charge is 0.246 e. The van der Waals surface area contributed by atoms with Gasteiger partial charge in [0.05, 0.1) is 5.69 Å². The monoisotopic (exact) mass is 269 g/mol. The Hall–Kier alpha value is -1.14. The van der Waals surface area contributed by atoms with E-state index in [9.17, 15) is 8.42 Å². The summed E-state index contributed by atoms with van der Waals surface area (Å²) < 4.78 is 26.6. The molecule has 0 unspecified atom stereocenters. The normalized spacial score (nSPS) is 15.9. The Morgan fingerprint density at radius 2 is 2.22 bits per heavy atom. The van der Waals surface area contributed by atoms with Crippen molar-refractivity contribution in [3.05, 3.63) is 18.5 Å². The van der Waals surface area contributed by atoms with E-state index in [1.807, 2.05) is 6.92 Å². The van der Waals surface area contributed by atoms with Gasteiger partial charge in [0.15, 0.2) is 0 Å². The van der Waals surface area contributed by atoms with Gasteiger partial charge in [-0.15, -0.1) is 0 Å². The largest absolute Gasteiger partial charge is 0.387 e. The van der Waals surface area contributed by atoms with Crippen LogP contribution in [0.1, 0.15) is 19.8 Å². The summed E-state index contributed by atoms with van der Waals surface area (Å²) in [6, 6.07) is 1.68. The van der Waals surface area contributed by atoms with Crippen LogP contribution in [0.15, 0.2) is 23.4 Å². The van der Waals surface area contributed by atoms with Crippen molar-refractivity contribution >= 4 is 15.7 Å². The minimum Gasteiger partial charge on any atom is -0.387 e. The van der Waals surface area contributed by atoms with Gasteiger partial charge in [0.25, 0.3) is 0 Å². The lowest BCUT2D eigenvalue weighted by Gasteiger charge is -2.21. The van der Waals surface area contributed by atoms with Crippen LogP contribution in [0, 0.1) is 5.92 Å². The van der Waals surface area contributed by atoms with Crippen LogP contribution >= 0.6 is 0 Å². The van der Waals surface area contributed by atoms with Gasteiger partial charge in [-0.3, -0.25) is 4.98 Å². The van der Waals surface area contributed by atoms with Crippen molar-refractivity contribution in [3.63, 3.8) is 0 Å². The molecular weight excluding hydrogens is 250 g/mol. The predicted molar refractivity (Wildman–Crippen MR) is 70.9 cm³/mol. The van der Waals surface area contributed by atoms with Gasteiger partial charge in [0, 0.05) is 32.5 Å². The molecule has 0 radical (unpaired) electrons. The van der Waals surface area contributed by atoms with Crippen LogP contribution in [-0.2, 0) is 10.0 Å². The van der Waals surface area contributed by atoms with Crippen LogP contribution in [-0.4, -0.2) is 37.8 Å². The van der Waals surface area contributed by atoms with Gasteiger partial charge in [-0.25, -0.2) is 8.42 Å². The quantitative estimate of drug-likeness (QED) is 0.851. The Kier molecular flexibility index (Phi) is 3.87. The Morgan fingerprint density at radius 1 is 1.50 bits per heavy atom. The second-order valence-corrected chi connectivity index (χ2v) is 6.43. The molecule has 5 nitrogen and oxygen atoms in total. The summed E-state index contributed by atoms with van der Waals surface area (Å²) in [6.45, 7) is 2.99. The molecule has 0 atom stereocenters. The lowest BCUT2D eigenvalue weighted by Crippen LogP contribution is -2.33. The summed E-state index contributed by atoms with van der Waals surface area (Å²) in [4.78, 5) is 4.18. The van der Waals surface area contributed by atoms with Gasteiger partial charge >= 0.3 is 0 Å². The van der Waals surface area contributed by atoms with Crippen LogP contribution < -0.4 is 5.32 Å². The molecule has 0 aromatic carbocycles. The molecule has 1 aromatic heterocycles. The van der Waals surface area contributed by atoms with Gasteiger partial charge in [0.2, 0.25) is 10.0 Å². The third-order valence-electron chi connectivity index (χ3n) is 3.18. The van der Waals surface area contributed by atoms with E-state index in [1.54, 1.807) is 23.6 Å². The van der Waals surface area contributed by atoms with Crippen molar-refractivity contribution in [3.8, 4) is 0 Å². The maximum atomic E-state index is 12.6. The molecule has 1 aromatic rings. The number of sulfonamides is 1. The van der Waals surface area contributed by atoms with E-state index in [-0.39, 0.29) is 4.90 Å². The van der Waals surface area contributed by atoms with Crippen LogP contribution in [0.2, 0.25) is 0 Å². The highest BCUT2D eigenvalue weighted by Gasteiger charge is 2.31. The molecule has 0 saturated heterocycles. The molecule has 1 aliphatic rings. The second kappa shape index (κ2) is 5.24. The fourth-order valence-electron chi connectivity index (χ4n) is 1.92. The minimum atomic E-state index is -3.44. The van der Waals surface area contributed by atoms with E-state index >= 15 is 0 Å². The first-order valence-corrected chi connectivity index (χ1v) is 7.65. The summed E-state index contributed by atoms with van der Waals surface area (Å²) in [5, 5.41) is 2.90. The fourth-order valence-corrected chi connectivity index (χ4v) is 3.58. The number of rotatable bonds is 6. The molecule has 1 fully saturated rings. The molecule has 0 aliphatic heterocycles. The number of anilines is 1. The molecule has 1 saturated carbocycles. The molecule has 0 spiro atoms. The third-order valence-corrected chi connectivity index (χ3v) is 5.15. The number of nitrogens with one attached hydrogen (secondary N) is 1. The van der Waals surface area contributed by atoms with Gasteiger partial charge in [-0.1, -0.05) is 6.92 Å². The lowest BCUT2D eigenvalue weighted by atomic mass is 10.4. The van der Waals surface area contributed by atoms with Gasteiger partial charge in [0.1, 0.15) is 4.90 Å².